The molecule has 0 aromatic carbocycles. The molecule has 1 aliphatic carbocycles. The quantitative estimate of drug-likeness (QED) is 0.643. The minimum Gasteiger partial charge on any atom is -0.459 e. The molecule has 0 fully saturated rings. The van der Waals surface area contributed by atoms with Crippen molar-refractivity contribution in [2.45, 2.75) is 32.8 Å². The Hall–Kier alpha value is -1.31. The van der Waals surface area contributed by atoms with Crippen LogP contribution in [0, 0.1) is 0 Å². The van der Waals surface area contributed by atoms with Crippen LogP contribution in [0.15, 0.2) is 36.0 Å². The van der Waals surface area contributed by atoms with E-state index in [9.17, 15) is 4.79 Å². The van der Waals surface area contributed by atoms with Gasteiger partial charge in [0.25, 0.3) is 0 Å². The Morgan fingerprint density at radius 1 is 1.50 bits per heavy atom. The van der Waals surface area contributed by atoms with Crippen LogP contribution in [-0.4, -0.2) is 12.1 Å². The molecule has 14 heavy (non-hydrogen) atoms. The van der Waals surface area contributed by atoms with Gasteiger partial charge in [-0.1, -0.05) is 37.3 Å². The molecule has 0 aliphatic heterocycles. The van der Waals surface area contributed by atoms with Crippen molar-refractivity contribution in [3.63, 3.8) is 0 Å². The van der Waals surface area contributed by atoms with Gasteiger partial charge in [-0.05, 0) is 19.8 Å². The number of esters is 1. The third-order valence-corrected chi connectivity index (χ3v) is 2.14. The van der Waals surface area contributed by atoms with E-state index in [2.05, 4.69) is 0 Å². The first kappa shape index (κ1) is 10.8. The van der Waals surface area contributed by atoms with Gasteiger partial charge in [-0.15, -0.1) is 0 Å². The minimum absolute atomic E-state index is 0.000359. The van der Waals surface area contributed by atoms with Crippen LogP contribution in [0.5, 0.6) is 0 Å². The maximum atomic E-state index is 11.6. The fraction of sp³-hybridized carbons (Fsp3) is 0.417. The third-order valence-electron chi connectivity index (χ3n) is 2.14. The van der Waals surface area contributed by atoms with E-state index in [0.717, 1.165) is 12.0 Å². The van der Waals surface area contributed by atoms with Crippen molar-refractivity contribution in [1.29, 1.82) is 0 Å². The van der Waals surface area contributed by atoms with Crippen molar-refractivity contribution in [1.82, 2.24) is 0 Å². The average molecular weight is 192 g/mol. The van der Waals surface area contributed by atoms with Crippen molar-refractivity contribution in [2.24, 2.45) is 0 Å². The largest absolute Gasteiger partial charge is 0.459 e. The zero-order valence-corrected chi connectivity index (χ0v) is 8.69. The second-order valence-electron chi connectivity index (χ2n) is 3.33. The second-order valence-corrected chi connectivity index (χ2v) is 3.33. The number of allylic oxidation sites excluding steroid dienone is 5. The Morgan fingerprint density at radius 2 is 2.29 bits per heavy atom. The van der Waals surface area contributed by atoms with Gasteiger partial charge < -0.3 is 4.74 Å². The van der Waals surface area contributed by atoms with Gasteiger partial charge in [-0.25, -0.2) is 4.79 Å². The van der Waals surface area contributed by atoms with Crippen molar-refractivity contribution in [2.75, 3.05) is 0 Å². The molecular formula is C12H16O2. The highest BCUT2D eigenvalue weighted by atomic mass is 16.5. The van der Waals surface area contributed by atoms with E-state index in [1.165, 1.54) is 0 Å². The van der Waals surface area contributed by atoms with Crippen LogP contribution < -0.4 is 0 Å². The van der Waals surface area contributed by atoms with Gasteiger partial charge in [0.05, 0.1) is 6.10 Å². The van der Waals surface area contributed by atoms with E-state index in [1.807, 2.05) is 44.2 Å². The predicted molar refractivity (Wildman–Crippen MR) is 56.8 cm³/mol. The molecule has 1 unspecified atom stereocenters. The molecule has 0 aromatic heterocycles. The molecule has 0 bridgehead atoms. The molecule has 1 atom stereocenters. The maximum Gasteiger partial charge on any atom is 0.334 e. The Labute approximate surface area is 85.0 Å². The lowest BCUT2D eigenvalue weighted by molar-refractivity contribution is -0.143. The monoisotopic (exact) mass is 192 g/mol. The molecule has 1 aliphatic rings. The topological polar surface area (TPSA) is 26.3 Å². The van der Waals surface area contributed by atoms with E-state index in [-0.39, 0.29) is 12.1 Å². The lowest BCUT2D eigenvalue weighted by atomic mass is 10.2. The highest BCUT2D eigenvalue weighted by molar-refractivity contribution is 5.89. The molecule has 0 N–H and O–H groups in total. The normalized spacial score (nSPS) is 17.1. The zero-order chi connectivity index (χ0) is 10.4. The van der Waals surface area contributed by atoms with Crippen molar-refractivity contribution >= 4 is 5.97 Å². The molecule has 0 radical (unpaired) electrons. The van der Waals surface area contributed by atoms with Crippen molar-refractivity contribution in [3.8, 4) is 0 Å². The van der Waals surface area contributed by atoms with Gasteiger partial charge in [0.1, 0.15) is 0 Å². The Morgan fingerprint density at radius 3 is 3.00 bits per heavy atom. The molecule has 0 amide bonds. The van der Waals surface area contributed by atoms with E-state index in [4.69, 9.17) is 4.74 Å². The molecule has 0 saturated carbocycles. The van der Waals surface area contributed by atoms with Gasteiger partial charge >= 0.3 is 5.97 Å². The summed E-state index contributed by atoms with van der Waals surface area (Å²) in [5.41, 5.74) is 0.718. The molecule has 0 spiro atoms. The summed E-state index contributed by atoms with van der Waals surface area (Å²) in [4.78, 5) is 11.6. The van der Waals surface area contributed by atoms with Gasteiger partial charge in [0, 0.05) is 5.57 Å². The van der Waals surface area contributed by atoms with Crippen LogP contribution in [-0.2, 0) is 9.53 Å². The van der Waals surface area contributed by atoms with Crippen LogP contribution in [0.1, 0.15) is 26.7 Å². The fourth-order valence-electron chi connectivity index (χ4n) is 1.07. The maximum absolute atomic E-state index is 11.6. The van der Waals surface area contributed by atoms with Gasteiger partial charge in [0.15, 0.2) is 0 Å². The van der Waals surface area contributed by atoms with Crippen molar-refractivity contribution < 1.29 is 9.53 Å². The number of carbonyl (C=O) groups is 1. The lowest BCUT2D eigenvalue weighted by Gasteiger charge is -2.11. The second kappa shape index (κ2) is 5.43. The number of carbonyl (C=O) groups excluding carboxylic acids is 1. The summed E-state index contributed by atoms with van der Waals surface area (Å²) in [5.74, 6) is -0.199. The molecule has 2 nitrogen and oxygen atoms in total. The highest BCUT2D eigenvalue weighted by Crippen LogP contribution is 2.11. The smallest absolute Gasteiger partial charge is 0.334 e. The summed E-state index contributed by atoms with van der Waals surface area (Å²) in [7, 11) is 0. The highest BCUT2D eigenvalue weighted by Gasteiger charge is 2.12. The Balaban J connectivity index is 2.56. The summed E-state index contributed by atoms with van der Waals surface area (Å²) >= 11 is 0. The standard InChI is InChI=1S/C12H16O2/c1-3-10(2)14-12(13)11-8-6-4-5-7-9-11/h4-8,10H,3,9H2,1-2H3. The number of hydrogen-bond donors (Lipinski definition) is 0. The zero-order valence-electron chi connectivity index (χ0n) is 8.69. The molecule has 2 heteroatoms. The van der Waals surface area contributed by atoms with E-state index in [0.29, 0.717) is 6.42 Å². The molecule has 1 rings (SSSR count). The van der Waals surface area contributed by atoms with Gasteiger partial charge in [-0.2, -0.15) is 0 Å². The van der Waals surface area contributed by atoms with Gasteiger partial charge in [-0.3, -0.25) is 0 Å². The molecule has 0 aromatic rings. The van der Waals surface area contributed by atoms with Gasteiger partial charge in [0.2, 0.25) is 0 Å². The van der Waals surface area contributed by atoms with E-state index >= 15 is 0 Å². The van der Waals surface area contributed by atoms with Crippen LogP contribution in [0.25, 0.3) is 0 Å². The number of rotatable bonds is 3. The minimum atomic E-state index is -0.199. The Kier molecular flexibility index (Phi) is 4.17. The molecule has 0 saturated heterocycles. The molecule has 76 valence electrons. The third kappa shape index (κ3) is 3.21. The first-order valence-electron chi connectivity index (χ1n) is 4.97. The first-order chi connectivity index (χ1) is 6.74. The molecular weight excluding hydrogens is 176 g/mol. The first-order valence-corrected chi connectivity index (χ1v) is 4.97. The van der Waals surface area contributed by atoms with Crippen LogP contribution in [0.3, 0.4) is 0 Å². The van der Waals surface area contributed by atoms with E-state index in [1.54, 1.807) is 0 Å². The van der Waals surface area contributed by atoms with E-state index < -0.39 is 0 Å². The summed E-state index contributed by atoms with van der Waals surface area (Å²) < 4.78 is 5.22. The van der Waals surface area contributed by atoms with Crippen LogP contribution in [0.4, 0.5) is 0 Å². The lowest BCUT2D eigenvalue weighted by Crippen LogP contribution is -2.15. The molecule has 0 heterocycles. The summed E-state index contributed by atoms with van der Waals surface area (Å²) in [6.45, 7) is 3.90. The SMILES string of the molecule is CCC(C)OC(=O)C1=CC=CC=CC1. The summed E-state index contributed by atoms with van der Waals surface area (Å²) in [6, 6.07) is 0. The van der Waals surface area contributed by atoms with Crippen molar-refractivity contribution in [3.05, 3.63) is 36.0 Å². The number of ether oxygens (including phenoxy) is 1. The summed E-state index contributed by atoms with van der Waals surface area (Å²) in [6.07, 6.45) is 11.0. The fourth-order valence-corrected chi connectivity index (χ4v) is 1.07. The summed E-state index contributed by atoms with van der Waals surface area (Å²) in [5, 5.41) is 0. The van der Waals surface area contributed by atoms with Crippen LogP contribution in [0.2, 0.25) is 0 Å². The predicted octanol–water partition coefficient (Wildman–Crippen LogP) is 2.77. The average Bonchev–Trinajstić information content (AvgIpc) is 2.45. The number of hydrogen-bond acceptors (Lipinski definition) is 2. The Bertz CT molecular complexity index is 285. The van der Waals surface area contributed by atoms with Crippen LogP contribution >= 0.6 is 0 Å².